The fourth-order valence-corrected chi connectivity index (χ4v) is 2.71. The molecule has 0 radical (unpaired) electrons. The van der Waals surface area contributed by atoms with E-state index in [-0.39, 0.29) is 0 Å². The topological polar surface area (TPSA) is 59.1 Å². The Morgan fingerprint density at radius 1 is 1.14 bits per heavy atom. The second-order valence-corrected chi connectivity index (χ2v) is 5.96. The van der Waals surface area contributed by atoms with Crippen molar-refractivity contribution in [2.45, 2.75) is 33.9 Å². The number of thiophene rings is 1. The standard InChI is InChI=1S/C15H22N4OS/c1-4-16-13-8-14(19-15(18-13)10-20-5-2)17-9-12-7-6-11(3)21-12/h6-8H,4-5,9-10H2,1-3H3,(H2,16,17,18,19). The molecule has 0 aromatic carbocycles. The Kier molecular flexibility index (Phi) is 5.95. The molecule has 114 valence electrons. The smallest absolute Gasteiger partial charge is 0.158 e. The molecule has 0 unspecified atom stereocenters. The van der Waals surface area contributed by atoms with Gasteiger partial charge in [-0.2, -0.15) is 0 Å². The summed E-state index contributed by atoms with van der Waals surface area (Å²) in [7, 11) is 0. The molecule has 6 heteroatoms. The van der Waals surface area contributed by atoms with Crippen LogP contribution in [0.25, 0.3) is 0 Å². The van der Waals surface area contributed by atoms with Crippen LogP contribution in [-0.2, 0) is 17.9 Å². The van der Waals surface area contributed by atoms with E-state index < -0.39 is 0 Å². The molecular formula is C15H22N4OS. The molecule has 2 rings (SSSR count). The van der Waals surface area contributed by atoms with Crippen molar-refractivity contribution in [3.63, 3.8) is 0 Å². The molecule has 0 atom stereocenters. The second kappa shape index (κ2) is 7.95. The first kappa shape index (κ1) is 15.7. The lowest BCUT2D eigenvalue weighted by molar-refractivity contribution is 0.128. The molecule has 0 aliphatic rings. The highest BCUT2D eigenvalue weighted by Crippen LogP contribution is 2.18. The van der Waals surface area contributed by atoms with Gasteiger partial charge in [-0.15, -0.1) is 11.3 Å². The Hall–Kier alpha value is -1.66. The highest BCUT2D eigenvalue weighted by Gasteiger charge is 2.05. The first-order valence-electron chi connectivity index (χ1n) is 7.20. The van der Waals surface area contributed by atoms with Gasteiger partial charge in [0.05, 0.1) is 6.54 Å². The normalized spacial score (nSPS) is 10.6. The molecule has 0 saturated heterocycles. The fraction of sp³-hybridized carbons (Fsp3) is 0.467. The van der Waals surface area contributed by atoms with E-state index in [1.54, 1.807) is 11.3 Å². The summed E-state index contributed by atoms with van der Waals surface area (Å²) in [5.41, 5.74) is 0. The molecule has 2 N–H and O–H groups in total. The van der Waals surface area contributed by atoms with Crippen molar-refractivity contribution in [3.05, 3.63) is 33.8 Å². The van der Waals surface area contributed by atoms with Crippen molar-refractivity contribution in [3.8, 4) is 0 Å². The molecule has 0 saturated carbocycles. The van der Waals surface area contributed by atoms with Gasteiger partial charge in [-0.1, -0.05) is 0 Å². The van der Waals surface area contributed by atoms with Gasteiger partial charge in [0.2, 0.25) is 0 Å². The van der Waals surface area contributed by atoms with Gasteiger partial charge in [0.1, 0.15) is 18.2 Å². The first-order valence-corrected chi connectivity index (χ1v) is 8.01. The average Bonchev–Trinajstić information content (AvgIpc) is 2.89. The Labute approximate surface area is 129 Å². The monoisotopic (exact) mass is 306 g/mol. The van der Waals surface area contributed by atoms with E-state index >= 15 is 0 Å². The Morgan fingerprint density at radius 2 is 1.90 bits per heavy atom. The summed E-state index contributed by atoms with van der Waals surface area (Å²) in [5, 5.41) is 6.58. The number of nitrogens with zero attached hydrogens (tertiary/aromatic N) is 2. The van der Waals surface area contributed by atoms with Crippen LogP contribution in [-0.4, -0.2) is 23.1 Å². The summed E-state index contributed by atoms with van der Waals surface area (Å²) in [6.45, 7) is 8.82. The lowest BCUT2D eigenvalue weighted by Crippen LogP contribution is -2.08. The van der Waals surface area contributed by atoms with Gasteiger partial charge in [-0.3, -0.25) is 0 Å². The predicted octanol–water partition coefficient (Wildman–Crippen LogP) is 3.43. The number of aryl methyl sites for hydroxylation is 1. The van der Waals surface area contributed by atoms with Crippen LogP contribution in [0.1, 0.15) is 29.4 Å². The highest BCUT2D eigenvalue weighted by molar-refractivity contribution is 7.11. The maximum atomic E-state index is 5.40. The molecule has 0 amide bonds. The molecule has 0 spiro atoms. The SMILES string of the molecule is CCNc1cc(NCc2ccc(C)s2)nc(COCC)n1. The third-order valence-corrected chi connectivity index (χ3v) is 3.81. The van der Waals surface area contributed by atoms with Crippen molar-refractivity contribution >= 4 is 23.0 Å². The summed E-state index contributed by atoms with van der Waals surface area (Å²) in [6, 6.07) is 6.20. The van der Waals surface area contributed by atoms with Crippen molar-refractivity contribution in [1.82, 2.24) is 9.97 Å². The van der Waals surface area contributed by atoms with Gasteiger partial charge >= 0.3 is 0 Å². The van der Waals surface area contributed by atoms with Crippen LogP contribution in [0.2, 0.25) is 0 Å². The van der Waals surface area contributed by atoms with Crippen LogP contribution >= 0.6 is 11.3 Å². The number of hydrogen-bond acceptors (Lipinski definition) is 6. The van der Waals surface area contributed by atoms with E-state index in [1.165, 1.54) is 9.75 Å². The minimum atomic E-state index is 0.433. The predicted molar refractivity (Wildman–Crippen MR) is 87.9 cm³/mol. The van der Waals surface area contributed by atoms with E-state index in [0.29, 0.717) is 19.0 Å². The molecule has 0 aliphatic carbocycles. The summed E-state index contributed by atoms with van der Waals surface area (Å²) < 4.78 is 5.40. The number of nitrogens with one attached hydrogen (secondary N) is 2. The van der Waals surface area contributed by atoms with Gasteiger partial charge in [0.25, 0.3) is 0 Å². The van der Waals surface area contributed by atoms with Gasteiger partial charge in [0.15, 0.2) is 5.82 Å². The number of hydrogen-bond donors (Lipinski definition) is 2. The Bertz CT molecular complexity index is 571. The second-order valence-electron chi connectivity index (χ2n) is 4.59. The molecule has 2 aromatic heterocycles. The van der Waals surface area contributed by atoms with Gasteiger partial charge in [-0.05, 0) is 32.9 Å². The zero-order valence-corrected chi connectivity index (χ0v) is 13.6. The van der Waals surface area contributed by atoms with Gasteiger partial charge < -0.3 is 15.4 Å². The average molecular weight is 306 g/mol. The number of anilines is 2. The molecule has 0 bridgehead atoms. The van der Waals surface area contributed by atoms with Crippen LogP contribution < -0.4 is 10.6 Å². The highest BCUT2D eigenvalue weighted by atomic mass is 32.1. The lowest BCUT2D eigenvalue weighted by atomic mass is 10.4. The largest absolute Gasteiger partial charge is 0.374 e. The summed E-state index contributed by atoms with van der Waals surface area (Å²) in [6.07, 6.45) is 0. The lowest BCUT2D eigenvalue weighted by Gasteiger charge is -2.10. The van der Waals surface area contributed by atoms with E-state index in [4.69, 9.17) is 4.74 Å². The molecular weight excluding hydrogens is 284 g/mol. The van der Waals surface area contributed by atoms with Crippen LogP contribution in [0.3, 0.4) is 0 Å². The number of aromatic nitrogens is 2. The zero-order valence-electron chi connectivity index (χ0n) is 12.8. The molecule has 2 heterocycles. The van der Waals surface area contributed by atoms with E-state index in [0.717, 1.165) is 24.7 Å². The molecule has 5 nitrogen and oxygen atoms in total. The van der Waals surface area contributed by atoms with E-state index in [2.05, 4.69) is 39.7 Å². The Morgan fingerprint density at radius 3 is 2.52 bits per heavy atom. The zero-order chi connectivity index (χ0) is 15.1. The molecule has 21 heavy (non-hydrogen) atoms. The number of rotatable bonds is 8. The summed E-state index contributed by atoms with van der Waals surface area (Å²) in [5.74, 6) is 2.34. The van der Waals surface area contributed by atoms with Crippen molar-refractivity contribution in [2.24, 2.45) is 0 Å². The van der Waals surface area contributed by atoms with Crippen molar-refractivity contribution in [2.75, 3.05) is 23.8 Å². The van der Waals surface area contributed by atoms with Gasteiger partial charge in [-0.25, -0.2) is 9.97 Å². The maximum absolute atomic E-state index is 5.40. The van der Waals surface area contributed by atoms with Crippen molar-refractivity contribution < 1.29 is 4.74 Å². The third kappa shape index (κ3) is 4.99. The van der Waals surface area contributed by atoms with Crippen molar-refractivity contribution in [1.29, 1.82) is 0 Å². The van der Waals surface area contributed by atoms with E-state index in [1.807, 2.05) is 19.9 Å². The number of ether oxygens (including phenoxy) is 1. The summed E-state index contributed by atoms with van der Waals surface area (Å²) in [4.78, 5) is 11.5. The molecule has 0 fully saturated rings. The van der Waals surface area contributed by atoms with Gasteiger partial charge in [0, 0.05) is 29.0 Å². The fourth-order valence-electron chi connectivity index (χ4n) is 1.88. The van der Waals surface area contributed by atoms with Crippen LogP contribution in [0, 0.1) is 6.92 Å². The third-order valence-electron chi connectivity index (χ3n) is 2.81. The minimum Gasteiger partial charge on any atom is -0.374 e. The molecule has 2 aromatic rings. The van der Waals surface area contributed by atoms with Crippen LogP contribution in [0.5, 0.6) is 0 Å². The summed E-state index contributed by atoms with van der Waals surface area (Å²) >= 11 is 1.79. The minimum absolute atomic E-state index is 0.433. The maximum Gasteiger partial charge on any atom is 0.158 e. The van der Waals surface area contributed by atoms with Crippen LogP contribution in [0.4, 0.5) is 11.6 Å². The first-order chi connectivity index (χ1) is 10.2. The quantitative estimate of drug-likeness (QED) is 0.782. The Balaban J connectivity index is 2.07. The van der Waals surface area contributed by atoms with Crippen LogP contribution in [0.15, 0.2) is 18.2 Å². The van der Waals surface area contributed by atoms with E-state index in [9.17, 15) is 0 Å². The molecule has 0 aliphatic heterocycles.